The first-order valence-electron chi connectivity index (χ1n) is 5.51. The summed E-state index contributed by atoms with van der Waals surface area (Å²) >= 11 is 1.79. The fraction of sp³-hybridized carbons (Fsp3) is 0.545. The number of fused-ring (bicyclic) bond motifs is 1. The smallest absolute Gasteiger partial charge is 0.192 e. The Bertz CT molecular complexity index is 427. The second kappa shape index (κ2) is 3.85. The highest BCUT2D eigenvalue weighted by molar-refractivity contribution is 7.18. The van der Waals surface area contributed by atoms with Gasteiger partial charge in [0.05, 0.1) is 15.9 Å². The molecule has 0 aromatic carbocycles. The second-order valence-corrected chi connectivity index (χ2v) is 5.17. The lowest BCUT2D eigenvalue weighted by Crippen LogP contribution is -2.03. The maximum Gasteiger partial charge on any atom is 0.192 e. The Morgan fingerprint density at radius 1 is 1.20 bits per heavy atom. The summed E-state index contributed by atoms with van der Waals surface area (Å²) in [6, 6.07) is 2.01. The van der Waals surface area contributed by atoms with E-state index in [9.17, 15) is 0 Å². The standard InChI is InChI=1S/C11H13N3S/c1-2-4-8(5-3-1)11-13-10-9(15-11)6-7-12-14-10/h6-8H,1-5H2. The van der Waals surface area contributed by atoms with Crippen molar-refractivity contribution in [2.24, 2.45) is 0 Å². The molecule has 0 aliphatic heterocycles. The van der Waals surface area contributed by atoms with E-state index >= 15 is 0 Å². The molecule has 2 aromatic rings. The quantitative estimate of drug-likeness (QED) is 0.739. The third kappa shape index (κ3) is 1.74. The van der Waals surface area contributed by atoms with Crippen LogP contribution in [0.2, 0.25) is 0 Å². The first kappa shape index (κ1) is 9.21. The van der Waals surface area contributed by atoms with Crippen LogP contribution in [-0.4, -0.2) is 15.2 Å². The first-order chi connectivity index (χ1) is 7.43. The predicted molar refractivity (Wildman–Crippen MR) is 61.0 cm³/mol. The molecule has 0 N–H and O–H groups in total. The Labute approximate surface area is 92.6 Å². The average Bonchev–Trinajstić information content (AvgIpc) is 2.74. The van der Waals surface area contributed by atoms with Crippen molar-refractivity contribution in [3.05, 3.63) is 17.3 Å². The lowest BCUT2D eigenvalue weighted by Gasteiger charge is -2.18. The van der Waals surface area contributed by atoms with Gasteiger partial charge in [0.2, 0.25) is 0 Å². The maximum absolute atomic E-state index is 4.58. The van der Waals surface area contributed by atoms with E-state index in [2.05, 4.69) is 15.2 Å². The van der Waals surface area contributed by atoms with Crippen LogP contribution < -0.4 is 0 Å². The van der Waals surface area contributed by atoms with Crippen LogP contribution in [0, 0.1) is 0 Å². The summed E-state index contributed by atoms with van der Waals surface area (Å²) in [4.78, 5) is 4.58. The Balaban J connectivity index is 1.96. The lowest BCUT2D eigenvalue weighted by atomic mass is 9.90. The fourth-order valence-corrected chi connectivity index (χ4v) is 3.30. The van der Waals surface area contributed by atoms with E-state index in [4.69, 9.17) is 0 Å². The molecule has 0 bridgehead atoms. The van der Waals surface area contributed by atoms with Gasteiger partial charge >= 0.3 is 0 Å². The molecule has 2 aromatic heterocycles. The van der Waals surface area contributed by atoms with Crippen molar-refractivity contribution in [3.8, 4) is 0 Å². The van der Waals surface area contributed by atoms with Gasteiger partial charge in [0.1, 0.15) is 0 Å². The van der Waals surface area contributed by atoms with Crippen LogP contribution >= 0.6 is 11.3 Å². The molecular formula is C11H13N3S. The van der Waals surface area contributed by atoms with E-state index < -0.39 is 0 Å². The molecule has 3 nitrogen and oxygen atoms in total. The molecular weight excluding hydrogens is 206 g/mol. The highest BCUT2D eigenvalue weighted by atomic mass is 32.1. The predicted octanol–water partition coefficient (Wildman–Crippen LogP) is 3.13. The van der Waals surface area contributed by atoms with E-state index in [1.807, 2.05) is 6.07 Å². The van der Waals surface area contributed by atoms with Crippen LogP contribution in [0.1, 0.15) is 43.0 Å². The van der Waals surface area contributed by atoms with E-state index in [1.54, 1.807) is 17.5 Å². The molecule has 1 fully saturated rings. The zero-order valence-corrected chi connectivity index (χ0v) is 9.33. The Morgan fingerprint density at radius 3 is 2.87 bits per heavy atom. The van der Waals surface area contributed by atoms with Crippen molar-refractivity contribution in [1.82, 2.24) is 15.2 Å². The number of nitrogens with zero attached hydrogens (tertiary/aromatic N) is 3. The van der Waals surface area contributed by atoms with Crippen LogP contribution in [0.25, 0.3) is 10.3 Å². The van der Waals surface area contributed by atoms with E-state index in [1.165, 1.54) is 41.8 Å². The van der Waals surface area contributed by atoms with Crippen LogP contribution in [0.5, 0.6) is 0 Å². The van der Waals surface area contributed by atoms with Crippen LogP contribution in [0.4, 0.5) is 0 Å². The minimum atomic E-state index is 0.679. The summed E-state index contributed by atoms with van der Waals surface area (Å²) in [6.07, 6.45) is 8.44. The van der Waals surface area contributed by atoms with Crippen LogP contribution in [-0.2, 0) is 0 Å². The largest absolute Gasteiger partial charge is 0.220 e. The highest BCUT2D eigenvalue weighted by Gasteiger charge is 2.19. The Morgan fingerprint density at radius 2 is 2.07 bits per heavy atom. The topological polar surface area (TPSA) is 38.7 Å². The molecule has 78 valence electrons. The summed E-state index contributed by atoms with van der Waals surface area (Å²) in [7, 11) is 0. The summed E-state index contributed by atoms with van der Waals surface area (Å²) < 4.78 is 1.17. The molecule has 4 heteroatoms. The summed E-state index contributed by atoms with van der Waals surface area (Å²) in [5, 5.41) is 9.18. The molecule has 0 saturated heterocycles. The molecule has 0 spiro atoms. The number of rotatable bonds is 1. The van der Waals surface area contributed by atoms with Gasteiger partial charge in [-0.1, -0.05) is 19.3 Å². The maximum atomic E-state index is 4.58. The third-order valence-corrected chi connectivity index (χ3v) is 4.22. The number of hydrogen-bond acceptors (Lipinski definition) is 4. The Hall–Kier alpha value is -1.03. The van der Waals surface area contributed by atoms with Crippen molar-refractivity contribution >= 4 is 21.7 Å². The van der Waals surface area contributed by atoms with Gasteiger partial charge in [-0.2, -0.15) is 5.10 Å². The second-order valence-electron chi connectivity index (χ2n) is 4.11. The number of hydrogen-bond donors (Lipinski definition) is 0. The fourth-order valence-electron chi connectivity index (χ4n) is 2.23. The van der Waals surface area contributed by atoms with E-state index in [0.29, 0.717) is 5.92 Å². The highest BCUT2D eigenvalue weighted by Crippen LogP contribution is 2.35. The summed E-state index contributed by atoms with van der Waals surface area (Å²) in [6.45, 7) is 0. The minimum Gasteiger partial charge on any atom is -0.220 e. The number of thiazole rings is 1. The molecule has 1 aliphatic carbocycles. The van der Waals surface area contributed by atoms with Gasteiger partial charge in [0.25, 0.3) is 0 Å². The molecule has 0 radical (unpaired) electrons. The average molecular weight is 219 g/mol. The summed E-state index contributed by atoms with van der Waals surface area (Å²) in [5.74, 6) is 0.679. The summed E-state index contributed by atoms with van der Waals surface area (Å²) in [5.41, 5.74) is 0.822. The molecule has 1 saturated carbocycles. The van der Waals surface area contributed by atoms with E-state index in [-0.39, 0.29) is 0 Å². The van der Waals surface area contributed by atoms with Crippen molar-refractivity contribution in [3.63, 3.8) is 0 Å². The molecule has 2 heterocycles. The first-order valence-corrected chi connectivity index (χ1v) is 6.33. The van der Waals surface area contributed by atoms with Gasteiger partial charge in [-0.25, -0.2) is 4.98 Å². The van der Waals surface area contributed by atoms with Gasteiger partial charge < -0.3 is 0 Å². The van der Waals surface area contributed by atoms with Gasteiger partial charge in [-0.05, 0) is 18.9 Å². The lowest BCUT2D eigenvalue weighted by molar-refractivity contribution is 0.443. The molecule has 0 amide bonds. The molecule has 1 aliphatic rings. The molecule has 3 rings (SSSR count). The molecule has 15 heavy (non-hydrogen) atoms. The van der Waals surface area contributed by atoms with E-state index in [0.717, 1.165) is 5.65 Å². The molecule has 0 unspecified atom stereocenters. The van der Waals surface area contributed by atoms with Crippen LogP contribution in [0.3, 0.4) is 0 Å². The van der Waals surface area contributed by atoms with Gasteiger partial charge in [-0.15, -0.1) is 16.4 Å². The third-order valence-electron chi connectivity index (χ3n) is 3.05. The van der Waals surface area contributed by atoms with Crippen LogP contribution in [0.15, 0.2) is 12.3 Å². The van der Waals surface area contributed by atoms with Gasteiger partial charge in [0, 0.05) is 5.92 Å². The van der Waals surface area contributed by atoms with Crippen molar-refractivity contribution in [2.45, 2.75) is 38.0 Å². The SMILES string of the molecule is c1cc2sc(C3CCCCC3)nc2nn1. The van der Waals surface area contributed by atoms with Crippen molar-refractivity contribution in [2.75, 3.05) is 0 Å². The van der Waals surface area contributed by atoms with Gasteiger partial charge in [-0.3, -0.25) is 0 Å². The monoisotopic (exact) mass is 219 g/mol. The minimum absolute atomic E-state index is 0.679. The zero-order valence-electron chi connectivity index (χ0n) is 8.52. The van der Waals surface area contributed by atoms with Crippen molar-refractivity contribution < 1.29 is 0 Å². The normalized spacial score (nSPS) is 18.4. The zero-order chi connectivity index (χ0) is 10.1. The van der Waals surface area contributed by atoms with Gasteiger partial charge in [0.15, 0.2) is 5.65 Å². The van der Waals surface area contributed by atoms with Crippen molar-refractivity contribution in [1.29, 1.82) is 0 Å². The molecule has 0 atom stereocenters. The Kier molecular flexibility index (Phi) is 2.37. The number of aromatic nitrogens is 3.